The lowest BCUT2D eigenvalue weighted by atomic mass is 10.1. The van der Waals surface area contributed by atoms with Crippen molar-refractivity contribution in [1.82, 2.24) is 9.78 Å². The van der Waals surface area contributed by atoms with E-state index < -0.39 is 0 Å². The Bertz CT molecular complexity index is 1080. The lowest BCUT2D eigenvalue weighted by molar-refractivity contribution is 0.104. The van der Waals surface area contributed by atoms with E-state index >= 15 is 0 Å². The van der Waals surface area contributed by atoms with E-state index in [2.05, 4.69) is 5.10 Å². The lowest BCUT2D eigenvalue weighted by Crippen LogP contribution is -2.01. The molecule has 0 atom stereocenters. The summed E-state index contributed by atoms with van der Waals surface area (Å²) in [5, 5.41) is 4.41. The number of nitrogens with zero attached hydrogens (tertiary/aromatic N) is 2. The number of rotatable bonds is 10. The van der Waals surface area contributed by atoms with Crippen molar-refractivity contribution in [3.05, 3.63) is 76.6 Å². The predicted octanol–water partition coefficient (Wildman–Crippen LogP) is 5.35. The molecule has 0 bridgehead atoms. The number of aryl methyl sites for hydroxylation is 1. The zero-order valence-corrected chi connectivity index (χ0v) is 18.6. The second-order valence-electron chi connectivity index (χ2n) is 6.71. The third kappa shape index (κ3) is 6.12. The van der Waals surface area contributed by atoms with E-state index in [-0.39, 0.29) is 11.5 Å². The molecule has 31 heavy (non-hydrogen) atoms. The van der Waals surface area contributed by atoms with Crippen LogP contribution < -0.4 is 14.2 Å². The van der Waals surface area contributed by atoms with Gasteiger partial charge in [-0.2, -0.15) is 5.10 Å². The summed E-state index contributed by atoms with van der Waals surface area (Å²) in [6.45, 7) is 5.38. The molecule has 0 aliphatic rings. The molecule has 3 aromatic rings. The summed E-state index contributed by atoms with van der Waals surface area (Å²) in [6, 6.07) is 13.3. The van der Waals surface area contributed by atoms with E-state index in [1.165, 1.54) is 10.8 Å². The van der Waals surface area contributed by atoms with Crippen LogP contribution in [0.25, 0.3) is 6.08 Å². The molecule has 162 valence electrons. The largest absolute Gasteiger partial charge is 0.490 e. The van der Waals surface area contributed by atoms with Crippen molar-refractivity contribution in [2.45, 2.75) is 20.5 Å². The molecule has 0 aliphatic carbocycles. The zero-order chi connectivity index (χ0) is 22.2. The van der Waals surface area contributed by atoms with Gasteiger partial charge in [0.25, 0.3) is 0 Å². The molecule has 0 amide bonds. The summed E-state index contributed by atoms with van der Waals surface area (Å²) in [5.74, 6) is 1.86. The molecule has 0 saturated carbocycles. The SMILES string of the molecule is CCOc1ccc(COc2cccc(/C=C/C(=O)c3nn(C)cc3Cl)c2)cc1OCC. The van der Waals surface area contributed by atoms with Crippen LogP contribution in [0, 0.1) is 0 Å². The third-order valence-electron chi connectivity index (χ3n) is 4.32. The molecule has 0 radical (unpaired) electrons. The minimum atomic E-state index is -0.255. The second-order valence-corrected chi connectivity index (χ2v) is 7.11. The minimum absolute atomic E-state index is 0.230. The van der Waals surface area contributed by atoms with Crippen molar-refractivity contribution >= 4 is 23.5 Å². The maximum absolute atomic E-state index is 12.3. The van der Waals surface area contributed by atoms with E-state index in [4.69, 9.17) is 25.8 Å². The van der Waals surface area contributed by atoms with Crippen molar-refractivity contribution in [3.63, 3.8) is 0 Å². The van der Waals surface area contributed by atoms with Gasteiger partial charge in [-0.25, -0.2) is 0 Å². The molecule has 0 unspecified atom stereocenters. The van der Waals surface area contributed by atoms with Crippen molar-refractivity contribution in [3.8, 4) is 17.2 Å². The van der Waals surface area contributed by atoms with Gasteiger partial charge in [-0.15, -0.1) is 0 Å². The van der Waals surface area contributed by atoms with Gasteiger partial charge < -0.3 is 14.2 Å². The summed E-state index contributed by atoms with van der Waals surface area (Å²) in [7, 11) is 1.72. The Balaban J connectivity index is 1.66. The highest BCUT2D eigenvalue weighted by Crippen LogP contribution is 2.29. The number of carbonyl (C=O) groups excluding carboxylic acids is 1. The average molecular weight is 441 g/mol. The molecule has 3 rings (SSSR count). The topological polar surface area (TPSA) is 62.6 Å². The molecule has 6 nitrogen and oxygen atoms in total. The Labute approximate surface area is 187 Å². The number of aromatic nitrogens is 2. The Morgan fingerprint density at radius 2 is 1.84 bits per heavy atom. The van der Waals surface area contributed by atoms with E-state index in [0.29, 0.717) is 36.3 Å². The summed E-state index contributed by atoms with van der Waals surface area (Å²) in [4.78, 5) is 12.3. The number of ether oxygens (including phenoxy) is 3. The first-order chi connectivity index (χ1) is 15.0. The van der Waals surface area contributed by atoms with Gasteiger partial charge in [0.2, 0.25) is 5.78 Å². The van der Waals surface area contributed by atoms with Crippen LogP contribution in [0.5, 0.6) is 17.2 Å². The second kappa shape index (κ2) is 10.7. The number of allylic oxidation sites excluding steroid dienone is 1. The van der Waals surface area contributed by atoms with Crippen LogP contribution in [0.15, 0.2) is 54.7 Å². The number of ketones is 1. The lowest BCUT2D eigenvalue weighted by Gasteiger charge is -2.13. The summed E-state index contributed by atoms with van der Waals surface area (Å²) in [6.07, 6.45) is 4.76. The van der Waals surface area contributed by atoms with Gasteiger partial charge in [0, 0.05) is 13.2 Å². The highest BCUT2D eigenvalue weighted by atomic mass is 35.5. The number of benzene rings is 2. The van der Waals surface area contributed by atoms with Gasteiger partial charge in [0.05, 0.1) is 18.2 Å². The Hall–Kier alpha value is -3.25. The molecule has 7 heteroatoms. The van der Waals surface area contributed by atoms with Crippen molar-refractivity contribution in [2.75, 3.05) is 13.2 Å². The van der Waals surface area contributed by atoms with Crippen LogP contribution in [-0.2, 0) is 13.7 Å². The summed E-state index contributed by atoms with van der Waals surface area (Å²) >= 11 is 6.03. The molecule has 0 spiro atoms. The minimum Gasteiger partial charge on any atom is -0.490 e. The molecule has 2 aromatic carbocycles. The molecular weight excluding hydrogens is 416 g/mol. The standard InChI is InChI=1S/C24H25ClN2O4/c1-4-29-22-12-10-18(14-23(22)30-5-2)16-31-19-8-6-7-17(13-19)9-11-21(28)24-20(25)15-27(3)26-24/h6-15H,4-5,16H2,1-3H3/b11-9+. The van der Waals surface area contributed by atoms with Crippen LogP contribution in [0.2, 0.25) is 5.02 Å². The highest BCUT2D eigenvalue weighted by molar-refractivity contribution is 6.34. The predicted molar refractivity (Wildman–Crippen MR) is 121 cm³/mol. The summed E-state index contributed by atoms with van der Waals surface area (Å²) in [5.41, 5.74) is 2.03. The number of hydrogen-bond donors (Lipinski definition) is 0. The van der Waals surface area contributed by atoms with E-state index in [1.807, 2.05) is 56.3 Å². The van der Waals surface area contributed by atoms with Crippen LogP contribution in [-0.4, -0.2) is 28.8 Å². The first kappa shape index (κ1) is 22.4. The van der Waals surface area contributed by atoms with E-state index in [1.54, 1.807) is 19.3 Å². The zero-order valence-electron chi connectivity index (χ0n) is 17.8. The van der Waals surface area contributed by atoms with Crippen molar-refractivity contribution < 1.29 is 19.0 Å². The Morgan fingerprint density at radius 3 is 2.55 bits per heavy atom. The van der Waals surface area contributed by atoms with Gasteiger partial charge in [-0.1, -0.05) is 35.9 Å². The first-order valence-electron chi connectivity index (χ1n) is 10.0. The van der Waals surface area contributed by atoms with Crippen molar-refractivity contribution in [2.24, 2.45) is 7.05 Å². The van der Waals surface area contributed by atoms with Gasteiger partial charge in [0.1, 0.15) is 12.4 Å². The monoisotopic (exact) mass is 440 g/mol. The average Bonchev–Trinajstić information content (AvgIpc) is 3.11. The summed E-state index contributed by atoms with van der Waals surface area (Å²) < 4.78 is 18.7. The number of carbonyl (C=O) groups is 1. The molecule has 0 fully saturated rings. The normalized spacial score (nSPS) is 11.0. The van der Waals surface area contributed by atoms with Gasteiger partial charge in [-0.05, 0) is 55.3 Å². The quantitative estimate of drug-likeness (QED) is 0.314. The fourth-order valence-electron chi connectivity index (χ4n) is 2.94. The van der Waals surface area contributed by atoms with Gasteiger partial charge >= 0.3 is 0 Å². The van der Waals surface area contributed by atoms with Crippen LogP contribution in [0.4, 0.5) is 0 Å². The highest BCUT2D eigenvalue weighted by Gasteiger charge is 2.12. The molecule has 1 aromatic heterocycles. The molecule has 1 heterocycles. The van der Waals surface area contributed by atoms with Crippen LogP contribution in [0.1, 0.15) is 35.5 Å². The maximum atomic E-state index is 12.3. The maximum Gasteiger partial charge on any atom is 0.207 e. The fourth-order valence-corrected chi connectivity index (χ4v) is 3.21. The first-order valence-corrected chi connectivity index (χ1v) is 10.4. The van der Waals surface area contributed by atoms with E-state index in [9.17, 15) is 4.79 Å². The van der Waals surface area contributed by atoms with Crippen LogP contribution in [0.3, 0.4) is 0 Å². The molecule has 0 aliphatic heterocycles. The van der Waals surface area contributed by atoms with E-state index in [0.717, 1.165) is 16.9 Å². The van der Waals surface area contributed by atoms with Crippen LogP contribution >= 0.6 is 11.6 Å². The fraction of sp³-hybridized carbons (Fsp3) is 0.250. The third-order valence-corrected chi connectivity index (χ3v) is 4.59. The van der Waals surface area contributed by atoms with Gasteiger partial charge in [0.15, 0.2) is 17.2 Å². The molecular formula is C24H25ClN2O4. The smallest absolute Gasteiger partial charge is 0.207 e. The van der Waals surface area contributed by atoms with Gasteiger partial charge in [-0.3, -0.25) is 9.48 Å². The molecule has 0 saturated heterocycles. The molecule has 0 N–H and O–H groups in total. The van der Waals surface area contributed by atoms with Crippen molar-refractivity contribution in [1.29, 1.82) is 0 Å². The number of hydrogen-bond acceptors (Lipinski definition) is 5. The number of halogens is 1. The Kier molecular flexibility index (Phi) is 7.73. The Morgan fingerprint density at radius 1 is 1.06 bits per heavy atom.